The van der Waals surface area contributed by atoms with E-state index >= 15 is 0 Å². The van der Waals surface area contributed by atoms with Gasteiger partial charge in [0.15, 0.2) is 5.13 Å². The Hall–Kier alpha value is -1.90. The number of rotatable bonds is 5. The maximum Gasteiger partial charge on any atom is 0.244 e. The molecule has 0 aliphatic carbocycles. The Morgan fingerprint density at radius 1 is 1.00 bits per heavy atom. The van der Waals surface area contributed by atoms with Gasteiger partial charge in [0, 0.05) is 36.6 Å². The van der Waals surface area contributed by atoms with Gasteiger partial charge in [0.1, 0.15) is 4.90 Å². The number of anilines is 1. The van der Waals surface area contributed by atoms with Crippen molar-refractivity contribution < 1.29 is 8.42 Å². The van der Waals surface area contributed by atoms with Gasteiger partial charge < -0.3 is 4.90 Å². The third-order valence-corrected chi connectivity index (χ3v) is 8.79. The van der Waals surface area contributed by atoms with Crippen molar-refractivity contribution in [2.45, 2.75) is 11.8 Å². The lowest BCUT2D eigenvalue weighted by Crippen LogP contribution is -2.48. The number of nitrogens with zero attached hydrogens (tertiary/aromatic N) is 3. The predicted octanol–water partition coefficient (Wildman–Crippen LogP) is 5.44. The van der Waals surface area contributed by atoms with Crippen molar-refractivity contribution in [1.82, 2.24) is 9.29 Å². The lowest BCUT2D eigenvalue weighted by Gasteiger charge is -2.34. The minimum Gasteiger partial charge on any atom is -0.345 e. The average Bonchev–Trinajstić information content (AvgIpc) is 3.25. The van der Waals surface area contributed by atoms with Crippen LogP contribution in [0.1, 0.15) is 16.8 Å². The van der Waals surface area contributed by atoms with Gasteiger partial charge in [0.05, 0.1) is 10.7 Å². The number of hydrogen-bond donors (Lipinski definition) is 0. The molecule has 0 amide bonds. The zero-order valence-electron chi connectivity index (χ0n) is 16.8. The molecule has 0 unspecified atom stereocenters. The van der Waals surface area contributed by atoms with Gasteiger partial charge >= 0.3 is 0 Å². The fraction of sp³-hybridized carbons (Fsp3) is 0.227. The molecule has 1 aliphatic rings. The molecule has 0 bridgehead atoms. The molecule has 4 rings (SSSR count). The SMILES string of the molecule is Cc1cc(S(=O)(=O)N2CCN(c3nc(C=Cc4ccccc4)cs3)CC2)c(Cl)cc1Cl. The maximum atomic E-state index is 13.1. The molecule has 9 heteroatoms. The molecule has 5 nitrogen and oxygen atoms in total. The third kappa shape index (κ3) is 4.96. The van der Waals surface area contributed by atoms with E-state index in [1.165, 1.54) is 10.4 Å². The summed E-state index contributed by atoms with van der Waals surface area (Å²) in [4.78, 5) is 6.90. The van der Waals surface area contributed by atoms with E-state index in [0.717, 1.165) is 16.4 Å². The minimum atomic E-state index is -3.68. The van der Waals surface area contributed by atoms with Crippen molar-refractivity contribution in [2.75, 3.05) is 31.1 Å². The van der Waals surface area contributed by atoms with E-state index in [1.807, 2.05) is 47.9 Å². The van der Waals surface area contributed by atoms with Crippen LogP contribution in [-0.4, -0.2) is 43.9 Å². The summed E-state index contributed by atoms with van der Waals surface area (Å²) >= 11 is 13.8. The van der Waals surface area contributed by atoms with Crippen LogP contribution in [0.25, 0.3) is 12.2 Å². The molecule has 0 atom stereocenters. The normalized spacial score (nSPS) is 15.6. The summed E-state index contributed by atoms with van der Waals surface area (Å²) in [5, 5.41) is 3.50. The van der Waals surface area contributed by atoms with Crippen LogP contribution in [0.15, 0.2) is 52.7 Å². The molecule has 31 heavy (non-hydrogen) atoms. The van der Waals surface area contributed by atoms with Crippen molar-refractivity contribution >= 4 is 61.8 Å². The van der Waals surface area contributed by atoms with E-state index in [9.17, 15) is 8.42 Å². The molecule has 3 aromatic rings. The smallest absolute Gasteiger partial charge is 0.244 e. The van der Waals surface area contributed by atoms with Crippen LogP contribution < -0.4 is 4.90 Å². The van der Waals surface area contributed by atoms with Gasteiger partial charge in [-0.15, -0.1) is 11.3 Å². The molecular formula is C22H21Cl2N3O2S2. The molecule has 162 valence electrons. The van der Waals surface area contributed by atoms with Gasteiger partial charge in [-0.1, -0.05) is 59.6 Å². The summed E-state index contributed by atoms with van der Waals surface area (Å²) in [6.07, 6.45) is 4.02. The number of benzene rings is 2. The van der Waals surface area contributed by atoms with Crippen molar-refractivity contribution in [3.63, 3.8) is 0 Å². The molecule has 1 saturated heterocycles. The van der Waals surface area contributed by atoms with Gasteiger partial charge in [-0.3, -0.25) is 0 Å². The fourth-order valence-corrected chi connectivity index (χ4v) is 6.41. The monoisotopic (exact) mass is 493 g/mol. The van der Waals surface area contributed by atoms with E-state index < -0.39 is 10.0 Å². The van der Waals surface area contributed by atoms with Crippen LogP contribution in [0.3, 0.4) is 0 Å². The minimum absolute atomic E-state index is 0.104. The Morgan fingerprint density at radius 2 is 1.71 bits per heavy atom. The van der Waals surface area contributed by atoms with Crippen LogP contribution in [0.5, 0.6) is 0 Å². The highest BCUT2D eigenvalue weighted by atomic mass is 35.5. The fourth-order valence-electron chi connectivity index (χ4n) is 3.33. The van der Waals surface area contributed by atoms with E-state index in [-0.39, 0.29) is 9.92 Å². The third-order valence-electron chi connectivity index (χ3n) is 5.10. The predicted molar refractivity (Wildman–Crippen MR) is 130 cm³/mol. The Balaban J connectivity index is 1.43. The highest BCUT2D eigenvalue weighted by Crippen LogP contribution is 2.31. The second kappa shape index (κ2) is 9.30. The van der Waals surface area contributed by atoms with E-state index in [4.69, 9.17) is 23.2 Å². The number of halogens is 2. The van der Waals surface area contributed by atoms with Crippen molar-refractivity contribution in [3.05, 3.63) is 74.7 Å². The van der Waals surface area contributed by atoms with E-state index in [2.05, 4.69) is 9.88 Å². The number of thiazole rings is 1. The molecule has 0 radical (unpaired) electrons. The summed E-state index contributed by atoms with van der Waals surface area (Å²) in [6.45, 7) is 3.64. The number of aryl methyl sites for hydroxylation is 1. The van der Waals surface area contributed by atoms with Crippen LogP contribution in [0.2, 0.25) is 10.0 Å². The van der Waals surface area contributed by atoms with Crippen LogP contribution in [-0.2, 0) is 10.0 Å². The van der Waals surface area contributed by atoms with Crippen LogP contribution >= 0.6 is 34.5 Å². The van der Waals surface area contributed by atoms with Gasteiger partial charge in [-0.2, -0.15) is 4.31 Å². The molecule has 2 heterocycles. The highest BCUT2D eigenvalue weighted by Gasteiger charge is 2.31. The van der Waals surface area contributed by atoms with Gasteiger partial charge in [0.2, 0.25) is 10.0 Å². The average molecular weight is 494 g/mol. The largest absolute Gasteiger partial charge is 0.345 e. The number of hydrogen-bond acceptors (Lipinski definition) is 5. The standard InChI is InChI=1S/C22H21Cl2N3O2S2/c1-16-13-21(20(24)14-19(16)23)31(28,29)27-11-9-26(10-12-27)22-25-18(15-30-22)8-7-17-5-3-2-4-6-17/h2-8,13-15H,9-12H2,1H3. The lowest BCUT2D eigenvalue weighted by atomic mass is 10.2. The van der Waals surface area contributed by atoms with Gasteiger partial charge in [-0.25, -0.2) is 13.4 Å². The molecule has 0 saturated carbocycles. The maximum absolute atomic E-state index is 13.1. The number of piperazine rings is 1. The van der Waals surface area contributed by atoms with E-state index in [0.29, 0.717) is 36.8 Å². The zero-order valence-corrected chi connectivity index (χ0v) is 20.0. The Kier molecular flexibility index (Phi) is 6.69. The summed E-state index contributed by atoms with van der Waals surface area (Å²) in [7, 11) is -3.68. The van der Waals surface area contributed by atoms with Crippen molar-refractivity contribution in [2.24, 2.45) is 0 Å². The van der Waals surface area contributed by atoms with Gasteiger partial charge in [-0.05, 0) is 36.3 Å². The Morgan fingerprint density at radius 3 is 2.42 bits per heavy atom. The summed E-state index contributed by atoms with van der Waals surface area (Å²) < 4.78 is 27.7. The summed E-state index contributed by atoms with van der Waals surface area (Å²) in [5.41, 5.74) is 2.69. The lowest BCUT2D eigenvalue weighted by molar-refractivity contribution is 0.384. The summed E-state index contributed by atoms with van der Waals surface area (Å²) in [5.74, 6) is 0. The van der Waals surface area contributed by atoms with Crippen LogP contribution in [0.4, 0.5) is 5.13 Å². The molecule has 0 spiro atoms. The summed E-state index contributed by atoms with van der Waals surface area (Å²) in [6, 6.07) is 13.1. The van der Waals surface area contributed by atoms with Gasteiger partial charge in [0.25, 0.3) is 0 Å². The van der Waals surface area contributed by atoms with E-state index in [1.54, 1.807) is 24.3 Å². The Labute approximate surface area is 196 Å². The molecule has 1 aliphatic heterocycles. The quantitative estimate of drug-likeness (QED) is 0.474. The second-order valence-electron chi connectivity index (χ2n) is 7.22. The first-order valence-electron chi connectivity index (χ1n) is 9.74. The van der Waals surface area contributed by atoms with Crippen molar-refractivity contribution in [3.8, 4) is 0 Å². The first-order chi connectivity index (χ1) is 14.8. The Bertz CT molecular complexity index is 1200. The molecule has 1 aromatic heterocycles. The van der Waals surface area contributed by atoms with Crippen molar-refractivity contribution in [1.29, 1.82) is 0 Å². The topological polar surface area (TPSA) is 53.5 Å². The molecule has 1 fully saturated rings. The molecular weight excluding hydrogens is 473 g/mol. The number of aromatic nitrogens is 1. The number of sulfonamides is 1. The first-order valence-corrected chi connectivity index (χ1v) is 12.8. The molecule has 2 aromatic carbocycles. The molecule has 0 N–H and O–H groups in total. The highest BCUT2D eigenvalue weighted by molar-refractivity contribution is 7.89. The first kappa shape index (κ1) is 22.3. The second-order valence-corrected chi connectivity index (χ2v) is 10.8. The zero-order chi connectivity index (χ0) is 22.0. The van der Waals surface area contributed by atoms with Crippen LogP contribution in [0, 0.1) is 6.92 Å².